The lowest BCUT2D eigenvalue weighted by Gasteiger charge is -2.24. The Morgan fingerprint density at radius 2 is 1.95 bits per heavy atom. The molecule has 4 nitrogen and oxygen atoms in total. The van der Waals surface area contributed by atoms with Crippen molar-refractivity contribution in [1.29, 1.82) is 0 Å². The summed E-state index contributed by atoms with van der Waals surface area (Å²) >= 11 is 6.06. The number of benzene rings is 1. The smallest absolute Gasteiger partial charge is 0.139 e. The lowest BCUT2D eigenvalue weighted by molar-refractivity contribution is 0.260. The van der Waals surface area contributed by atoms with Crippen molar-refractivity contribution in [1.82, 2.24) is 14.9 Å². The van der Waals surface area contributed by atoms with Gasteiger partial charge in [-0.2, -0.15) is 0 Å². The molecule has 0 saturated carbocycles. The largest absolute Gasteiger partial charge is 0.354 e. The molecule has 3 heterocycles. The number of halogens is 1. The monoisotopic (exact) mass is 302 g/mol. The number of nitrogens with zero attached hydrogens (tertiary/aromatic N) is 4. The van der Waals surface area contributed by atoms with Crippen LogP contribution >= 0.6 is 11.6 Å². The fourth-order valence-electron chi connectivity index (χ4n) is 3.61. The third-order valence-electron chi connectivity index (χ3n) is 4.70. The molecule has 21 heavy (non-hydrogen) atoms. The molecule has 0 radical (unpaired) electrons. The fourth-order valence-corrected chi connectivity index (χ4v) is 3.77. The first-order valence-corrected chi connectivity index (χ1v) is 8.08. The Bertz CT molecular complexity index is 654. The number of aromatic nitrogens is 2. The van der Waals surface area contributed by atoms with Crippen molar-refractivity contribution in [3.63, 3.8) is 0 Å². The topological polar surface area (TPSA) is 32.3 Å². The van der Waals surface area contributed by atoms with Crippen LogP contribution in [0.2, 0.25) is 5.02 Å². The van der Waals surface area contributed by atoms with E-state index in [1.807, 2.05) is 18.2 Å². The van der Waals surface area contributed by atoms with Gasteiger partial charge in [0.1, 0.15) is 12.1 Å². The molecule has 1 aromatic heterocycles. The van der Waals surface area contributed by atoms with Crippen LogP contribution in [-0.2, 0) is 0 Å². The Hall–Kier alpha value is -1.39. The highest BCUT2D eigenvalue weighted by molar-refractivity contribution is 6.31. The van der Waals surface area contributed by atoms with Gasteiger partial charge < -0.3 is 4.90 Å². The summed E-state index contributed by atoms with van der Waals surface area (Å²) in [6.45, 7) is 4.68. The van der Waals surface area contributed by atoms with E-state index in [0.29, 0.717) is 6.04 Å². The van der Waals surface area contributed by atoms with Gasteiger partial charge in [-0.1, -0.05) is 11.6 Å². The van der Waals surface area contributed by atoms with Crippen LogP contribution in [0.4, 0.5) is 5.82 Å². The van der Waals surface area contributed by atoms with Crippen molar-refractivity contribution in [3.8, 4) is 0 Å². The minimum absolute atomic E-state index is 0.685. The minimum Gasteiger partial charge on any atom is -0.354 e. The average molecular weight is 303 g/mol. The molecule has 2 aliphatic heterocycles. The van der Waals surface area contributed by atoms with Crippen molar-refractivity contribution < 1.29 is 0 Å². The second-order valence-corrected chi connectivity index (χ2v) is 6.43. The van der Waals surface area contributed by atoms with E-state index in [2.05, 4.69) is 19.8 Å². The number of likely N-dealkylation sites (tertiary alicyclic amines) is 1. The zero-order valence-electron chi connectivity index (χ0n) is 12.0. The molecular formula is C16H19ClN4. The van der Waals surface area contributed by atoms with Crippen LogP contribution < -0.4 is 4.90 Å². The molecular weight excluding hydrogens is 284 g/mol. The quantitative estimate of drug-likeness (QED) is 0.854. The van der Waals surface area contributed by atoms with Crippen LogP contribution in [0.3, 0.4) is 0 Å². The number of fused-ring (bicyclic) bond motifs is 1. The molecule has 1 aromatic carbocycles. The van der Waals surface area contributed by atoms with E-state index < -0.39 is 0 Å². The van der Waals surface area contributed by atoms with E-state index in [1.165, 1.54) is 32.4 Å². The summed E-state index contributed by atoms with van der Waals surface area (Å²) in [6, 6.07) is 6.56. The number of hydrogen-bond acceptors (Lipinski definition) is 4. The Morgan fingerprint density at radius 3 is 2.81 bits per heavy atom. The lowest BCUT2D eigenvalue weighted by atomic mass is 10.2. The molecule has 0 N–H and O–H groups in total. The minimum atomic E-state index is 0.685. The zero-order valence-corrected chi connectivity index (χ0v) is 12.8. The van der Waals surface area contributed by atoms with Gasteiger partial charge in [-0.05, 0) is 50.6 Å². The van der Waals surface area contributed by atoms with Gasteiger partial charge in [0, 0.05) is 29.5 Å². The maximum absolute atomic E-state index is 6.06. The standard InChI is InChI=1S/C16H19ClN4/c17-12-3-4-14-15(9-12)18-11-19-16(14)21-8-5-13(10-21)20-6-1-2-7-20/h3-4,9,11,13H,1-2,5-8,10H2. The van der Waals surface area contributed by atoms with Crippen molar-refractivity contribution in [2.45, 2.75) is 25.3 Å². The molecule has 1 unspecified atom stereocenters. The zero-order chi connectivity index (χ0) is 14.2. The summed E-state index contributed by atoms with van der Waals surface area (Å²) in [4.78, 5) is 13.9. The highest BCUT2D eigenvalue weighted by Gasteiger charge is 2.30. The maximum Gasteiger partial charge on any atom is 0.139 e. The molecule has 0 amide bonds. The Balaban J connectivity index is 1.62. The highest BCUT2D eigenvalue weighted by atomic mass is 35.5. The highest BCUT2D eigenvalue weighted by Crippen LogP contribution is 2.29. The van der Waals surface area contributed by atoms with Gasteiger partial charge >= 0.3 is 0 Å². The van der Waals surface area contributed by atoms with Crippen LogP contribution in [0.5, 0.6) is 0 Å². The molecule has 2 aliphatic rings. The third kappa shape index (κ3) is 2.47. The number of anilines is 1. The SMILES string of the molecule is Clc1ccc2c(N3CCC(N4CCCC4)C3)ncnc2c1. The lowest BCUT2D eigenvalue weighted by Crippen LogP contribution is -2.35. The second-order valence-electron chi connectivity index (χ2n) is 5.99. The van der Waals surface area contributed by atoms with Crippen LogP contribution in [-0.4, -0.2) is 47.1 Å². The Morgan fingerprint density at radius 1 is 1.10 bits per heavy atom. The van der Waals surface area contributed by atoms with E-state index in [-0.39, 0.29) is 0 Å². The van der Waals surface area contributed by atoms with Crippen molar-refractivity contribution in [2.24, 2.45) is 0 Å². The normalized spacial score (nSPS) is 23.3. The van der Waals surface area contributed by atoms with Crippen molar-refractivity contribution in [3.05, 3.63) is 29.5 Å². The summed E-state index contributed by atoms with van der Waals surface area (Å²) in [5.74, 6) is 1.05. The first-order valence-electron chi connectivity index (χ1n) is 7.70. The second kappa shape index (κ2) is 5.43. The van der Waals surface area contributed by atoms with Crippen LogP contribution in [0.25, 0.3) is 10.9 Å². The van der Waals surface area contributed by atoms with Gasteiger partial charge in [0.2, 0.25) is 0 Å². The summed E-state index contributed by atoms with van der Waals surface area (Å²) in [5, 5.41) is 1.83. The fraction of sp³-hybridized carbons (Fsp3) is 0.500. The van der Waals surface area contributed by atoms with E-state index in [0.717, 1.165) is 34.8 Å². The predicted molar refractivity (Wildman–Crippen MR) is 86.0 cm³/mol. The molecule has 2 aromatic rings. The number of rotatable bonds is 2. The van der Waals surface area contributed by atoms with Gasteiger partial charge in [0.15, 0.2) is 0 Å². The molecule has 110 valence electrons. The summed E-state index contributed by atoms with van der Waals surface area (Å²) in [5.41, 5.74) is 0.928. The maximum atomic E-state index is 6.06. The molecule has 0 aliphatic carbocycles. The van der Waals surface area contributed by atoms with Gasteiger partial charge in [-0.3, -0.25) is 4.90 Å². The van der Waals surface area contributed by atoms with E-state index in [1.54, 1.807) is 6.33 Å². The van der Waals surface area contributed by atoms with E-state index in [4.69, 9.17) is 11.6 Å². The van der Waals surface area contributed by atoms with Gasteiger partial charge in [0.25, 0.3) is 0 Å². The van der Waals surface area contributed by atoms with Crippen LogP contribution in [0.1, 0.15) is 19.3 Å². The predicted octanol–water partition coefficient (Wildman–Crippen LogP) is 2.96. The molecule has 0 spiro atoms. The van der Waals surface area contributed by atoms with Crippen LogP contribution in [0, 0.1) is 0 Å². The summed E-state index contributed by atoms with van der Waals surface area (Å²) in [7, 11) is 0. The first-order chi connectivity index (χ1) is 10.3. The van der Waals surface area contributed by atoms with Crippen LogP contribution in [0.15, 0.2) is 24.5 Å². The van der Waals surface area contributed by atoms with Gasteiger partial charge in [-0.25, -0.2) is 9.97 Å². The Kier molecular flexibility index (Phi) is 3.43. The van der Waals surface area contributed by atoms with Gasteiger partial charge in [-0.15, -0.1) is 0 Å². The molecule has 0 bridgehead atoms. The van der Waals surface area contributed by atoms with E-state index in [9.17, 15) is 0 Å². The van der Waals surface area contributed by atoms with E-state index >= 15 is 0 Å². The molecule has 4 rings (SSSR count). The van der Waals surface area contributed by atoms with Gasteiger partial charge in [0.05, 0.1) is 5.52 Å². The summed E-state index contributed by atoms with van der Waals surface area (Å²) < 4.78 is 0. The molecule has 2 saturated heterocycles. The number of hydrogen-bond donors (Lipinski definition) is 0. The molecule has 1 atom stereocenters. The first kappa shape index (κ1) is 13.3. The molecule has 2 fully saturated rings. The van der Waals surface area contributed by atoms with Crippen molar-refractivity contribution in [2.75, 3.05) is 31.1 Å². The molecule has 5 heteroatoms. The Labute approximate surface area is 129 Å². The van der Waals surface area contributed by atoms with Crippen molar-refractivity contribution >= 4 is 28.3 Å². The summed E-state index contributed by atoms with van der Waals surface area (Å²) in [6.07, 6.45) is 5.59. The average Bonchev–Trinajstić information content (AvgIpc) is 3.17. The third-order valence-corrected chi connectivity index (χ3v) is 4.93.